The van der Waals surface area contributed by atoms with Gasteiger partial charge in [-0.1, -0.05) is 47.7 Å². The van der Waals surface area contributed by atoms with Crippen molar-refractivity contribution in [3.8, 4) is 17.2 Å². The average Bonchev–Trinajstić information content (AvgIpc) is 3.19. The number of hydrazine groups is 1. The van der Waals surface area contributed by atoms with Crippen LogP contribution in [-0.2, 0) is 16.2 Å². The maximum Gasteiger partial charge on any atom is 0.341 e. The molecule has 4 rings (SSSR count). The summed E-state index contributed by atoms with van der Waals surface area (Å²) in [7, 11) is 1.42. The summed E-state index contributed by atoms with van der Waals surface area (Å²) in [6.07, 6.45) is 1.59. The molecule has 39 heavy (non-hydrogen) atoms. The molecular formula is C28H24N2O7S2. The average molecular weight is 565 g/mol. The number of thioether (sulfide) groups is 1. The van der Waals surface area contributed by atoms with Crippen LogP contribution in [0.3, 0.4) is 0 Å². The first-order chi connectivity index (χ1) is 18.7. The Morgan fingerprint density at radius 1 is 1.03 bits per heavy atom. The smallest absolute Gasteiger partial charge is 0.341 e. The molecule has 0 aromatic heterocycles. The van der Waals surface area contributed by atoms with E-state index in [0.29, 0.717) is 34.1 Å². The number of rotatable bonds is 10. The molecular weight excluding hydrogens is 540 g/mol. The zero-order valence-electron chi connectivity index (χ0n) is 21.0. The summed E-state index contributed by atoms with van der Waals surface area (Å²) >= 11 is 6.35. The van der Waals surface area contributed by atoms with Crippen LogP contribution in [0.25, 0.3) is 6.08 Å². The number of methoxy groups -OCH3 is 1. The van der Waals surface area contributed by atoms with Crippen molar-refractivity contribution in [3.05, 3.63) is 93.9 Å². The Hall–Kier alpha value is -4.35. The van der Waals surface area contributed by atoms with Crippen LogP contribution in [0.1, 0.15) is 27.0 Å². The van der Waals surface area contributed by atoms with Gasteiger partial charge < -0.3 is 19.3 Å². The van der Waals surface area contributed by atoms with Crippen LogP contribution in [0.15, 0.2) is 71.6 Å². The highest BCUT2D eigenvalue weighted by Gasteiger charge is 2.34. The topological polar surface area (TPSA) is 114 Å². The van der Waals surface area contributed by atoms with E-state index >= 15 is 0 Å². The van der Waals surface area contributed by atoms with Crippen LogP contribution >= 0.6 is 24.0 Å². The summed E-state index contributed by atoms with van der Waals surface area (Å²) < 4.78 is 16.4. The van der Waals surface area contributed by atoms with Gasteiger partial charge in [0.1, 0.15) is 12.4 Å². The summed E-state index contributed by atoms with van der Waals surface area (Å²) in [6, 6.07) is 19.4. The minimum atomic E-state index is -1.12. The van der Waals surface area contributed by atoms with Gasteiger partial charge >= 0.3 is 5.97 Å². The molecule has 3 aromatic carbocycles. The second kappa shape index (κ2) is 12.5. The Bertz CT molecular complexity index is 1440. The standard InChI is InChI=1S/C28H24N2O7S2/c1-17-3-5-18(6-4-17)15-36-21-10-8-20(9-11-21)26(33)29-30-27(34)24(39-28(30)38)14-19-7-12-22(23(13-19)35-2)37-16-25(31)32/h3-14H,15-16H2,1-2H3,(H,29,33)(H,31,32)/b24-14+. The summed E-state index contributed by atoms with van der Waals surface area (Å²) in [5.41, 5.74) is 5.69. The zero-order valence-corrected chi connectivity index (χ0v) is 22.6. The van der Waals surface area contributed by atoms with Gasteiger partial charge in [0.05, 0.1) is 12.0 Å². The summed E-state index contributed by atoms with van der Waals surface area (Å²) in [6.45, 7) is 1.90. The van der Waals surface area contributed by atoms with Crippen LogP contribution in [0.2, 0.25) is 0 Å². The number of nitrogens with one attached hydrogen (secondary N) is 1. The van der Waals surface area contributed by atoms with Gasteiger partial charge in [-0.05, 0) is 72.7 Å². The Morgan fingerprint density at radius 2 is 1.74 bits per heavy atom. The number of thiocarbonyl (C=S) groups is 1. The molecule has 1 fully saturated rings. The largest absolute Gasteiger partial charge is 0.493 e. The van der Waals surface area contributed by atoms with Crippen LogP contribution in [-0.4, -0.2) is 45.9 Å². The van der Waals surface area contributed by atoms with E-state index in [1.54, 1.807) is 48.5 Å². The third kappa shape index (κ3) is 7.15. The molecule has 3 aromatic rings. The van der Waals surface area contributed by atoms with Crippen LogP contribution in [0, 0.1) is 6.92 Å². The quantitative estimate of drug-likeness (QED) is 0.270. The highest BCUT2D eigenvalue weighted by Crippen LogP contribution is 2.34. The van der Waals surface area contributed by atoms with Crippen LogP contribution in [0.4, 0.5) is 0 Å². The molecule has 1 saturated heterocycles. The third-order valence-corrected chi connectivity index (χ3v) is 6.79. The normalized spacial score (nSPS) is 13.9. The molecule has 1 heterocycles. The van der Waals surface area contributed by atoms with Gasteiger partial charge in [0, 0.05) is 5.56 Å². The monoisotopic (exact) mass is 564 g/mol. The molecule has 0 radical (unpaired) electrons. The highest BCUT2D eigenvalue weighted by molar-refractivity contribution is 8.26. The lowest BCUT2D eigenvalue weighted by atomic mass is 10.2. The number of benzene rings is 3. The molecule has 0 atom stereocenters. The van der Waals surface area contributed by atoms with Crippen molar-refractivity contribution in [1.29, 1.82) is 0 Å². The molecule has 0 spiro atoms. The first-order valence-electron chi connectivity index (χ1n) is 11.6. The SMILES string of the molecule is COc1cc(/C=C2/SC(=S)N(NC(=O)c3ccc(OCc4ccc(C)cc4)cc3)C2=O)ccc1OCC(=O)O. The fourth-order valence-electron chi connectivity index (χ4n) is 3.47. The van der Waals surface area contributed by atoms with Gasteiger partial charge in [-0.25, -0.2) is 4.79 Å². The van der Waals surface area contributed by atoms with E-state index < -0.39 is 24.4 Å². The number of amides is 2. The Balaban J connectivity index is 1.38. The molecule has 0 unspecified atom stereocenters. The second-order valence-electron chi connectivity index (χ2n) is 8.35. The van der Waals surface area contributed by atoms with Crippen molar-refractivity contribution in [3.63, 3.8) is 0 Å². The van der Waals surface area contributed by atoms with Crippen molar-refractivity contribution in [1.82, 2.24) is 10.4 Å². The summed E-state index contributed by atoms with van der Waals surface area (Å²) in [5, 5.41) is 9.83. The molecule has 1 aliphatic rings. The van der Waals surface area contributed by atoms with E-state index in [1.165, 1.54) is 12.7 Å². The molecule has 2 N–H and O–H groups in total. The molecule has 2 amide bonds. The van der Waals surface area contributed by atoms with E-state index in [-0.39, 0.29) is 10.1 Å². The minimum absolute atomic E-state index is 0.172. The number of hydrogen-bond donors (Lipinski definition) is 2. The molecule has 1 aliphatic heterocycles. The molecule has 9 nitrogen and oxygen atoms in total. The van der Waals surface area contributed by atoms with Crippen molar-refractivity contribution in [2.45, 2.75) is 13.5 Å². The van der Waals surface area contributed by atoms with Crippen molar-refractivity contribution < 1.29 is 33.7 Å². The molecule has 0 bridgehead atoms. The van der Waals surface area contributed by atoms with Crippen molar-refractivity contribution in [2.24, 2.45) is 0 Å². The van der Waals surface area contributed by atoms with E-state index in [1.807, 2.05) is 31.2 Å². The number of aliphatic carboxylic acids is 1. The van der Waals surface area contributed by atoms with E-state index in [2.05, 4.69) is 5.43 Å². The lowest BCUT2D eigenvalue weighted by molar-refractivity contribution is -0.139. The number of carbonyl (C=O) groups excluding carboxylic acids is 2. The number of nitrogens with zero attached hydrogens (tertiary/aromatic N) is 1. The second-order valence-corrected chi connectivity index (χ2v) is 10.0. The van der Waals surface area contributed by atoms with Crippen molar-refractivity contribution in [2.75, 3.05) is 13.7 Å². The Kier molecular flexibility index (Phi) is 8.84. The lowest BCUT2D eigenvalue weighted by Crippen LogP contribution is -2.44. The molecule has 0 saturated carbocycles. The van der Waals surface area contributed by atoms with Gasteiger partial charge in [-0.15, -0.1) is 0 Å². The fraction of sp³-hybridized carbons (Fsp3) is 0.143. The molecule has 11 heteroatoms. The zero-order chi connectivity index (χ0) is 27.9. The van der Waals surface area contributed by atoms with Crippen LogP contribution in [0.5, 0.6) is 17.2 Å². The number of ether oxygens (including phenoxy) is 3. The predicted molar refractivity (Wildman–Crippen MR) is 151 cm³/mol. The first-order valence-corrected chi connectivity index (χ1v) is 12.9. The van der Waals surface area contributed by atoms with Crippen LogP contribution < -0.4 is 19.6 Å². The Labute approximate surface area is 234 Å². The number of aryl methyl sites for hydroxylation is 1. The van der Waals surface area contributed by atoms with E-state index in [4.69, 9.17) is 31.5 Å². The van der Waals surface area contributed by atoms with Gasteiger partial charge in [-0.2, -0.15) is 5.01 Å². The fourth-order valence-corrected chi connectivity index (χ4v) is 4.65. The number of carbonyl (C=O) groups is 3. The molecule has 0 aliphatic carbocycles. The molecule has 200 valence electrons. The summed E-state index contributed by atoms with van der Waals surface area (Å²) in [4.78, 5) is 36.8. The van der Waals surface area contributed by atoms with Gasteiger partial charge in [0.15, 0.2) is 22.4 Å². The highest BCUT2D eigenvalue weighted by atomic mass is 32.2. The van der Waals surface area contributed by atoms with Gasteiger partial charge in [-0.3, -0.25) is 15.0 Å². The maximum atomic E-state index is 13.0. The number of carboxylic acid groups (broad SMARTS) is 1. The van der Waals surface area contributed by atoms with E-state index in [0.717, 1.165) is 22.3 Å². The number of carboxylic acids is 1. The van der Waals surface area contributed by atoms with Crippen molar-refractivity contribution >= 4 is 52.2 Å². The lowest BCUT2D eigenvalue weighted by Gasteiger charge is -2.16. The minimum Gasteiger partial charge on any atom is -0.493 e. The number of hydrogen-bond acceptors (Lipinski definition) is 8. The predicted octanol–water partition coefficient (Wildman–Crippen LogP) is 4.59. The van der Waals surface area contributed by atoms with Gasteiger partial charge in [0.2, 0.25) is 0 Å². The maximum absolute atomic E-state index is 13.0. The van der Waals surface area contributed by atoms with Gasteiger partial charge in [0.25, 0.3) is 11.8 Å². The van der Waals surface area contributed by atoms with E-state index in [9.17, 15) is 14.4 Å². The third-order valence-electron chi connectivity index (χ3n) is 5.49. The summed E-state index contributed by atoms with van der Waals surface area (Å²) in [5.74, 6) is -0.936. The Morgan fingerprint density at radius 3 is 2.41 bits per heavy atom. The first kappa shape index (κ1) is 27.7.